The summed E-state index contributed by atoms with van der Waals surface area (Å²) in [6, 6.07) is 1.44. The zero-order valence-electron chi connectivity index (χ0n) is 8.92. The third kappa shape index (κ3) is 3.12. The van der Waals surface area contributed by atoms with E-state index in [-0.39, 0.29) is 0 Å². The van der Waals surface area contributed by atoms with Crippen molar-refractivity contribution in [2.45, 2.75) is 38.8 Å². The van der Waals surface area contributed by atoms with E-state index in [1.54, 1.807) is 0 Å². The van der Waals surface area contributed by atoms with Crippen molar-refractivity contribution in [1.82, 2.24) is 10.2 Å². The van der Waals surface area contributed by atoms with Gasteiger partial charge in [0.25, 0.3) is 0 Å². The molecular formula is C11H22N2. The molecule has 1 aliphatic rings. The van der Waals surface area contributed by atoms with E-state index in [2.05, 4.69) is 30.6 Å². The Hall–Kier alpha value is -0.340. The first kappa shape index (κ1) is 10.7. The third-order valence-corrected chi connectivity index (χ3v) is 2.90. The van der Waals surface area contributed by atoms with E-state index in [1.807, 2.05) is 6.08 Å². The molecule has 1 saturated heterocycles. The third-order valence-electron chi connectivity index (χ3n) is 2.90. The quantitative estimate of drug-likeness (QED) is 0.513. The van der Waals surface area contributed by atoms with E-state index in [4.69, 9.17) is 0 Å². The van der Waals surface area contributed by atoms with Gasteiger partial charge in [0.05, 0.1) is 0 Å². The second kappa shape index (κ2) is 5.40. The van der Waals surface area contributed by atoms with Crippen LogP contribution in [0.1, 0.15) is 26.7 Å². The van der Waals surface area contributed by atoms with Gasteiger partial charge < -0.3 is 5.32 Å². The van der Waals surface area contributed by atoms with Crippen molar-refractivity contribution in [3.05, 3.63) is 12.7 Å². The molecule has 1 aliphatic heterocycles. The summed E-state index contributed by atoms with van der Waals surface area (Å²) < 4.78 is 0. The van der Waals surface area contributed by atoms with Crippen molar-refractivity contribution in [2.24, 2.45) is 0 Å². The Morgan fingerprint density at radius 3 is 3.00 bits per heavy atom. The predicted molar refractivity (Wildman–Crippen MR) is 57.9 cm³/mol. The van der Waals surface area contributed by atoms with Crippen LogP contribution in [-0.4, -0.2) is 36.6 Å². The minimum absolute atomic E-state index is 0.664. The number of hydrogen-bond donors (Lipinski definition) is 1. The maximum atomic E-state index is 3.69. The minimum Gasteiger partial charge on any atom is -0.312 e. The van der Waals surface area contributed by atoms with Gasteiger partial charge in [0.2, 0.25) is 0 Å². The first-order valence-corrected chi connectivity index (χ1v) is 5.33. The zero-order valence-corrected chi connectivity index (χ0v) is 8.92. The van der Waals surface area contributed by atoms with Crippen LogP contribution in [0.4, 0.5) is 0 Å². The van der Waals surface area contributed by atoms with Crippen LogP contribution in [0, 0.1) is 0 Å². The van der Waals surface area contributed by atoms with E-state index in [9.17, 15) is 0 Å². The summed E-state index contributed by atoms with van der Waals surface area (Å²) in [5.41, 5.74) is 0. The normalized spacial score (nSPS) is 26.2. The van der Waals surface area contributed by atoms with E-state index < -0.39 is 0 Å². The highest BCUT2D eigenvalue weighted by molar-refractivity contribution is 4.81. The SMILES string of the molecule is C=CCNCC(C)N1CCCC1C. The van der Waals surface area contributed by atoms with E-state index >= 15 is 0 Å². The maximum absolute atomic E-state index is 3.69. The van der Waals surface area contributed by atoms with Crippen LogP contribution in [-0.2, 0) is 0 Å². The first-order valence-electron chi connectivity index (χ1n) is 5.33. The van der Waals surface area contributed by atoms with Gasteiger partial charge in [0.15, 0.2) is 0 Å². The minimum atomic E-state index is 0.664. The second-order valence-electron chi connectivity index (χ2n) is 4.03. The van der Waals surface area contributed by atoms with Crippen LogP contribution < -0.4 is 5.32 Å². The lowest BCUT2D eigenvalue weighted by Crippen LogP contribution is -2.42. The molecular weight excluding hydrogens is 160 g/mol. The molecule has 0 amide bonds. The van der Waals surface area contributed by atoms with Crippen molar-refractivity contribution < 1.29 is 0 Å². The lowest BCUT2D eigenvalue weighted by molar-refractivity contribution is 0.200. The van der Waals surface area contributed by atoms with Gasteiger partial charge in [-0.05, 0) is 33.2 Å². The Morgan fingerprint density at radius 2 is 2.46 bits per heavy atom. The summed E-state index contributed by atoms with van der Waals surface area (Å²) in [6.45, 7) is 11.6. The molecule has 0 aliphatic carbocycles. The molecule has 0 aromatic heterocycles. The summed E-state index contributed by atoms with van der Waals surface area (Å²) in [6.07, 6.45) is 4.65. The number of nitrogens with one attached hydrogen (secondary N) is 1. The number of hydrogen-bond acceptors (Lipinski definition) is 2. The van der Waals surface area contributed by atoms with Crippen LogP contribution in [0.5, 0.6) is 0 Å². The molecule has 1 rings (SSSR count). The molecule has 0 aromatic rings. The topological polar surface area (TPSA) is 15.3 Å². The lowest BCUT2D eigenvalue weighted by Gasteiger charge is -2.28. The Labute approximate surface area is 82.0 Å². The largest absolute Gasteiger partial charge is 0.312 e. The molecule has 2 atom stereocenters. The van der Waals surface area contributed by atoms with Crippen molar-refractivity contribution >= 4 is 0 Å². The van der Waals surface area contributed by atoms with E-state index in [1.165, 1.54) is 19.4 Å². The Bertz CT molecular complexity index is 156. The molecule has 0 radical (unpaired) electrons. The Balaban J connectivity index is 2.21. The number of rotatable bonds is 5. The van der Waals surface area contributed by atoms with E-state index in [0.29, 0.717) is 6.04 Å². The molecule has 2 heteroatoms. The van der Waals surface area contributed by atoms with Gasteiger partial charge in [0, 0.05) is 25.2 Å². The highest BCUT2D eigenvalue weighted by atomic mass is 15.2. The fourth-order valence-corrected chi connectivity index (χ4v) is 2.12. The summed E-state index contributed by atoms with van der Waals surface area (Å²) in [7, 11) is 0. The molecule has 1 heterocycles. The van der Waals surface area contributed by atoms with Crippen molar-refractivity contribution in [1.29, 1.82) is 0 Å². The van der Waals surface area contributed by atoms with Crippen molar-refractivity contribution in [3.63, 3.8) is 0 Å². The smallest absolute Gasteiger partial charge is 0.0195 e. The fraction of sp³-hybridized carbons (Fsp3) is 0.818. The average Bonchev–Trinajstić information content (AvgIpc) is 2.52. The molecule has 2 unspecified atom stereocenters. The Morgan fingerprint density at radius 1 is 1.69 bits per heavy atom. The highest BCUT2D eigenvalue weighted by Gasteiger charge is 2.24. The van der Waals surface area contributed by atoms with Crippen LogP contribution in [0.2, 0.25) is 0 Å². The molecule has 0 spiro atoms. The number of likely N-dealkylation sites (tertiary alicyclic amines) is 1. The molecule has 1 N–H and O–H groups in total. The second-order valence-corrected chi connectivity index (χ2v) is 4.03. The highest BCUT2D eigenvalue weighted by Crippen LogP contribution is 2.18. The van der Waals surface area contributed by atoms with Gasteiger partial charge in [-0.1, -0.05) is 6.08 Å². The summed E-state index contributed by atoms with van der Waals surface area (Å²) in [4.78, 5) is 2.59. The average molecular weight is 182 g/mol. The fourth-order valence-electron chi connectivity index (χ4n) is 2.12. The maximum Gasteiger partial charge on any atom is 0.0195 e. The molecule has 2 nitrogen and oxygen atoms in total. The summed E-state index contributed by atoms with van der Waals surface area (Å²) >= 11 is 0. The monoisotopic (exact) mass is 182 g/mol. The van der Waals surface area contributed by atoms with Crippen molar-refractivity contribution in [3.8, 4) is 0 Å². The zero-order chi connectivity index (χ0) is 9.68. The van der Waals surface area contributed by atoms with Gasteiger partial charge in [-0.15, -0.1) is 6.58 Å². The van der Waals surface area contributed by atoms with Crippen LogP contribution in [0.15, 0.2) is 12.7 Å². The van der Waals surface area contributed by atoms with E-state index in [0.717, 1.165) is 19.1 Å². The Kier molecular flexibility index (Phi) is 4.46. The summed E-state index contributed by atoms with van der Waals surface area (Å²) in [5.74, 6) is 0. The van der Waals surface area contributed by atoms with Crippen LogP contribution >= 0.6 is 0 Å². The van der Waals surface area contributed by atoms with Crippen LogP contribution in [0.3, 0.4) is 0 Å². The van der Waals surface area contributed by atoms with Crippen molar-refractivity contribution in [2.75, 3.05) is 19.6 Å². The van der Waals surface area contributed by atoms with Gasteiger partial charge in [-0.2, -0.15) is 0 Å². The van der Waals surface area contributed by atoms with Gasteiger partial charge >= 0.3 is 0 Å². The molecule has 0 saturated carbocycles. The van der Waals surface area contributed by atoms with Gasteiger partial charge in [-0.3, -0.25) is 4.90 Å². The van der Waals surface area contributed by atoms with Gasteiger partial charge in [-0.25, -0.2) is 0 Å². The molecule has 0 aromatic carbocycles. The molecule has 13 heavy (non-hydrogen) atoms. The molecule has 76 valence electrons. The standard InChI is InChI=1S/C11H22N2/c1-4-7-12-9-11(3)13-8-5-6-10(13)2/h4,10-12H,1,5-9H2,2-3H3. The lowest BCUT2D eigenvalue weighted by atomic mass is 10.2. The summed E-state index contributed by atoms with van der Waals surface area (Å²) in [5, 5.41) is 3.37. The molecule has 0 bridgehead atoms. The molecule has 1 fully saturated rings. The van der Waals surface area contributed by atoms with Gasteiger partial charge in [0.1, 0.15) is 0 Å². The first-order chi connectivity index (χ1) is 6.25. The number of nitrogens with zero attached hydrogens (tertiary/aromatic N) is 1. The van der Waals surface area contributed by atoms with Crippen LogP contribution in [0.25, 0.3) is 0 Å². The predicted octanol–water partition coefficient (Wildman–Crippen LogP) is 1.63.